The van der Waals surface area contributed by atoms with Gasteiger partial charge in [0.15, 0.2) is 0 Å². The number of allylic oxidation sites excluding steroid dienone is 1. The second-order valence-corrected chi connectivity index (χ2v) is 3.04. The van der Waals surface area contributed by atoms with Gasteiger partial charge in [0, 0.05) is 13.0 Å². The van der Waals surface area contributed by atoms with Crippen LogP contribution in [-0.2, 0) is 9.53 Å². The van der Waals surface area contributed by atoms with Gasteiger partial charge in [0.05, 0.1) is 6.10 Å². The number of carboxylic acids is 1. The zero-order valence-corrected chi connectivity index (χ0v) is 8.16. The van der Waals surface area contributed by atoms with E-state index in [-0.39, 0.29) is 12.5 Å². The van der Waals surface area contributed by atoms with Crippen molar-refractivity contribution < 1.29 is 14.6 Å². The van der Waals surface area contributed by atoms with Crippen LogP contribution in [0, 0.1) is 0 Å². The Morgan fingerprint density at radius 2 is 2.38 bits per heavy atom. The second-order valence-electron chi connectivity index (χ2n) is 3.04. The van der Waals surface area contributed by atoms with Crippen molar-refractivity contribution in [2.75, 3.05) is 6.61 Å². The summed E-state index contributed by atoms with van der Waals surface area (Å²) in [5, 5.41) is 8.40. The Hall–Kier alpha value is -0.830. The minimum Gasteiger partial charge on any atom is -0.481 e. The second kappa shape index (κ2) is 7.80. The van der Waals surface area contributed by atoms with Gasteiger partial charge in [-0.05, 0) is 26.2 Å². The molecule has 0 aliphatic carbocycles. The van der Waals surface area contributed by atoms with Gasteiger partial charge in [0.25, 0.3) is 0 Å². The van der Waals surface area contributed by atoms with E-state index in [4.69, 9.17) is 9.84 Å². The molecular weight excluding hydrogens is 168 g/mol. The van der Waals surface area contributed by atoms with Gasteiger partial charge in [-0.25, -0.2) is 0 Å². The Bertz CT molecular complexity index is 154. The highest BCUT2D eigenvalue weighted by Gasteiger charge is 2.04. The molecule has 0 bridgehead atoms. The molecule has 0 aromatic heterocycles. The molecule has 13 heavy (non-hydrogen) atoms. The molecule has 3 heteroatoms. The first kappa shape index (κ1) is 12.2. The lowest BCUT2D eigenvalue weighted by Gasteiger charge is -2.10. The molecule has 76 valence electrons. The van der Waals surface area contributed by atoms with Crippen LogP contribution in [0.25, 0.3) is 0 Å². The molecule has 0 radical (unpaired) electrons. The van der Waals surface area contributed by atoms with E-state index in [9.17, 15) is 4.79 Å². The predicted octanol–water partition coefficient (Wildman–Crippen LogP) is 2.22. The fourth-order valence-corrected chi connectivity index (χ4v) is 0.922. The molecule has 0 spiro atoms. The molecule has 0 aliphatic heterocycles. The average molecular weight is 186 g/mol. The van der Waals surface area contributed by atoms with Crippen LogP contribution in [0.1, 0.15) is 32.6 Å². The van der Waals surface area contributed by atoms with Crippen LogP contribution in [0.4, 0.5) is 0 Å². The zero-order chi connectivity index (χ0) is 10.1. The summed E-state index contributed by atoms with van der Waals surface area (Å²) in [4.78, 5) is 10.2. The van der Waals surface area contributed by atoms with E-state index in [0.29, 0.717) is 13.0 Å². The summed E-state index contributed by atoms with van der Waals surface area (Å²) >= 11 is 0. The van der Waals surface area contributed by atoms with Gasteiger partial charge in [0.2, 0.25) is 0 Å². The van der Waals surface area contributed by atoms with Crippen molar-refractivity contribution in [3.8, 4) is 0 Å². The lowest BCUT2D eigenvalue weighted by Crippen LogP contribution is -2.11. The Labute approximate surface area is 79.4 Å². The van der Waals surface area contributed by atoms with Crippen molar-refractivity contribution in [1.82, 2.24) is 0 Å². The Morgan fingerprint density at radius 1 is 1.69 bits per heavy atom. The monoisotopic (exact) mass is 186 g/mol. The fraction of sp³-hybridized carbons (Fsp3) is 0.700. The number of aliphatic carboxylic acids is 1. The average Bonchev–Trinajstić information content (AvgIpc) is 2.09. The molecular formula is C10H18O3. The largest absolute Gasteiger partial charge is 0.481 e. The highest BCUT2D eigenvalue weighted by Crippen LogP contribution is 2.02. The minimum atomic E-state index is -0.762. The highest BCUT2D eigenvalue weighted by atomic mass is 16.5. The molecule has 0 rings (SSSR count). The summed E-state index contributed by atoms with van der Waals surface area (Å²) in [6, 6.07) is 0. The number of rotatable bonds is 8. The molecule has 0 aromatic carbocycles. The van der Waals surface area contributed by atoms with Crippen molar-refractivity contribution in [2.45, 2.75) is 38.7 Å². The summed E-state index contributed by atoms with van der Waals surface area (Å²) in [6.45, 7) is 6.19. The van der Waals surface area contributed by atoms with E-state index in [0.717, 1.165) is 12.8 Å². The number of carboxylic acid groups (broad SMARTS) is 1. The van der Waals surface area contributed by atoms with E-state index in [2.05, 4.69) is 6.58 Å². The van der Waals surface area contributed by atoms with E-state index < -0.39 is 5.97 Å². The summed E-state index contributed by atoms with van der Waals surface area (Å²) < 4.78 is 5.38. The molecule has 0 saturated heterocycles. The lowest BCUT2D eigenvalue weighted by molar-refractivity contribution is -0.137. The fourth-order valence-electron chi connectivity index (χ4n) is 0.922. The first-order valence-corrected chi connectivity index (χ1v) is 4.61. The van der Waals surface area contributed by atoms with Gasteiger partial charge >= 0.3 is 5.97 Å². The third kappa shape index (κ3) is 9.08. The number of unbranched alkanes of at least 4 members (excludes halogenated alkanes) is 1. The molecule has 1 atom stereocenters. The normalized spacial score (nSPS) is 12.4. The maximum Gasteiger partial charge on any atom is 0.303 e. The molecule has 0 aromatic rings. The highest BCUT2D eigenvalue weighted by molar-refractivity contribution is 5.66. The maximum atomic E-state index is 10.2. The van der Waals surface area contributed by atoms with Crippen molar-refractivity contribution in [3.63, 3.8) is 0 Å². The summed E-state index contributed by atoms with van der Waals surface area (Å²) in [7, 11) is 0. The quantitative estimate of drug-likeness (QED) is 0.467. The number of carbonyl (C=O) groups is 1. The van der Waals surface area contributed by atoms with E-state index in [1.165, 1.54) is 0 Å². The van der Waals surface area contributed by atoms with Crippen molar-refractivity contribution in [3.05, 3.63) is 12.7 Å². The third-order valence-corrected chi connectivity index (χ3v) is 1.72. The molecule has 1 N–H and O–H groups in total. The van der Waals surface area contributed by atoms with Crippen LogP contribution >= 0.6 is 0 Å². The van der Waals surface area contributed by atoms with Crippen LogP contribution in [0.15, 0.2) is 12.7 Å². The van der Waals surface area contributed by atoms with Gasteiger partial charge in [-0.3, -0.25) is 4.79 Å². The molecule has 3 nitrogen and oxygen atoms in total. The van der Waals surface area contributed by atoms with Gasteiger partial charge in [0.1, 0.15) is 0 Å². The maximum absolute atomic E-state index is 10.2. The summed E-state index contributed by atoms with van der Waals surface area (Å²) in [5.74, 6) is -0.762. The number of hydrogen-bond donors (Lipinski definition) is 1. The van der Waals surface area contributed by atoms with Crippen LogP contribution in [0.5, 0.6) is 0 Å². The smallest absolute Gasteiger partial charge is 0.303 e. The van der Waals surface area contributed by atoms with E-state index in [1.54, 1.807) is 0 Å². The Morgan fingerprint density at radius 3 is 2.92 bits per heavy atom. The molecule has 0 saturated carbocycles. The first-order valence-electron chi connectivity index (χ1n) is 4.61. The predicted molar refractivity (Wildman–Crippen MR) is 51.7 cm³/mol. The zero-order valence-electron chi connectivity index (χ0n) is 8.16. The number of ether oxygens (including phenoxy) is 1. The van der Waals surface area contributed by atoms with Gasteiger partial charge in [-0.1, -0.05) is 6.08 Å². The minimum absolute atomic E-state index is 0.0425. The van der Waals surface area contributed by atoms with Gasteiger partial charge < -0.3 is 9.84 Å². The lowest BCUT2D eigenvalue weighted by atomic mass is 10.2. The Balaban J connectivity index is 3.24. The van der Waals surface area contributed by atoms with Crippen LogP contribution in [-0.4, -0.2) is 23.8 Å². The molecule has 1 unspecified atom stereocenters. The first-order chi connectivity index (χ1) is 6.16. The standard InChI is InChI=1S/C10H18O3/c1-3-4-5-8-13-9(2)6-7-10(11)12/h3,9H,1,4-8H2,2H3,(H,11,12). The van der Waals surface area contributed by atoms with Gasteiger partial charge in [-0.15, -0.1) is 6.58 Å². The van der Waals surface area contributed by atoms with Crippen molar-refractivity contribution in [1.29, 1.82) is 0 Å². The molecule has 0 heterocycles. The van der Waals surface area contributed by atoms with Crippen LogP contribution < -0.4 is 0 Å². The molecule has 0 fully saturated rings. The number of hydrogen-bond acceptors (Lipinski definition) is 2. The molecule has 0 amide bonds. The van der Waals surface area contributed by atoms with Crippen LogP contribution in [0.3, 0.4) is 0 Å². The molecule has 0 aliphatic rings. The Kier molecular flexibility index (Phi) is 7.30. The van der Waals surface area contributed by atoms with Crippen LogP contribution in [0.2, 0.25) is 0 Å². The van der Waals surface area contributed by atoms with Crippen molar-refractivity contribution >= 4 is 5.97 Å². The van der Waals surface area contributed by atoms with E-state index in [1.807, 2.05) is 13.0 Å². The SMILES string of the molecule is C=CCCCOC(C)CCC(=O)O. The summed E-state index contributed by atoms with van der Waals surface area (Å²) in [5.41, 5.74) is 0. The van der Waals surface area contributed by atoms with E-state index >= 15 is 0 Å². The third-order valence-electron chi connectivity index (χ3n) is 1.72. The van der Waals surface area contributed by atoms with Crippen molar-refractivity contribution in [2.24, 2.45) is 0 Å². The van der Waals surface area contributed by atoms with Gasteiger partial charge in [-0.2, -0.15) is 0 Å². The summed E-state index contributed by atoms with van der Waals surface area (Å²) in [6.07, 6.45) is 4.57. The topological polar surface area (TPSA) is 46.5 Å².